The Kier molecular flexibility index (Phi) is 7.80. The molecule has 6 nitrogen and oxygen atoms in total. The number of carbonyl (C=O) groups is 2. The van der Waals surface area contributed by atoms with E-state index in [1.165, 1.54) is 48.4 Å². The lowest BCUT2D eigenvalue weighted by molar-refractivity contribution is -0.274. The fraction of sp³-hybridized carbons (Fsp3) is 0.333. The summed E-state index contributed by atoms with van der Waals surface area (Å²) in [4.78, 5) is 24.6. The molecule has 0 aliphatic carbocycles. The normalized spacial score (nSPS) is 12.3. The molecule has 1 unspecified atom stereocenters. The maximum Gasteiger partial charge on any atom is 0.573 e. The van der Waals surface area contributed by atoms with Crippen molar-refractivity contribution in [1.82, 2.24) is 10.6 Å². The predicted octanol–water partition coefficient (Wildman–Crippen LogP) is 3.35. The SMILES string of the molecule is CSCCC(NC(=O)c1ccco1)C(=O)NCc1ccccc1OC(F)(F)F. The summed E-state index contributed by atoms with van der Waals surface area (Å²) in [6.07, 6.45) is -1.30. The van der Waals surface area contributed by atoms with Crippen molar-refractivity contribution in [3.63, 3.8) is 0 Å². The van der Waals surface area contributed by atoms with Gasteiger partial charge < -0.3 is 19.8 Å². The molecule has 2 amide bonds. The van der Waals surface area contributed by atoms with E-state index in [0.717, 1.165) is 0 Å². The second kappa shape index (κ2) is 10.1. The van der Waals surface area contributed by atoms with Crippen LogP contribution >= 0.6 is 11.8 Å². The van der Waals surface area contributed by atoms with E-state index < -0.39 is 30.0 Å². The summed E-state index contributed by atoms with van der Waals surface area (Å²) in [5.41, 5.74) is 0.161. The molecule has 1 atom stereocenters. The first kappa shape index (κ1) is 21.7. The lowest BCUT2D eigenvalue weighted by Crippen LogP contribution is -2.46. The molecule has 1 aromatic heterocycles. The minimum Gasteiger partial charge on any atom is -0.459 e. The quantitative estimate of drug-likeness (QED) is 0.655. The van der Waals surface area contributed by atoms with Gasteiger partial charge in [0.2, 0.25) is 5.91 Å². The molecule has 2 N–H and O–H groups in total. The molecule has 0 radical (unpaired) electrons. The van der Waals surface area contributed by atoms with Gasteiger partial charge in [-0.05, 0) is 36.6 Å². The van der Waals surface area contributed by atoms with Crippen molar-refractivity contribution in [2.24, 2.45) is 0 Å². The number of thioether (sulfide) groups is 1. The standard InChI is InChI=1S/C18H19F3N2O4S/c1-28-10-8-13(23-17(25)15-7-4-9-26-15)16(24)22-11-12-5-2-3-6-14(12)27-18(19,20)21/h2-7,9,13H,8,10-11H2,1H3,(H,22,24)(H,23,25). The molecule has 0 aliphatic heterocycles. The molecule has 1 aromatic carbocycles. The Morgan fingerprint density at radius 3 is 2.61 bits per heavy atom. The fourth-order valence-electron chi connectivity index (χ4n) is 2.32. The number of alkyl halides is 3. The molecule has 0 aliphatic rings. The molecular formula is C18H19F3N2O4S. The Bertz CT molecular complexity index is 781. The van der Waals surface area contributed by atoms with Gasteiger partial charge >= 0.3 is 6.36 Å². The van der Waals surface area contributed by atoms with Gasteiger partial charge in [0.1, 0.15) is 11.8 Å². The molecule has 0 saturated carbocycles. The third kappa shape index (κ3) is 6.84. The Morgan fingerprint density at radius 2 is 1.96 bits per heavy atom. The second-order valence-corrected chi connectivity index (χ2v) is 6.64. The highest BCUT2D eigenvalue weighted by Gasteiger charge is 2.32. The van der Waals surface area contributed by atoms with Gasteiger partial charge in [0.05, 0.1) is 6.26 Å². The van der Waals surface area contributed by atoms with E-state index in [1.807, 2.05) is 6.26 Å². The minimum absolute atomic E-state index is 0.0610. The van der Waals surface area contributed by atoms with Gasteiger partial charge in [-0.25, -0.2) is 0 Å². The average molecular weight is 416 g/mol. The lowest BCUT2D eigenvalue weighted by Gasteiger charge is -2.18. The van der Waals surface area contributed by atoms with Crippen LogP contribution < -0.4 is 15.4 Å². The molecule has 28 heavy (non-hydrogen) atoms. The second-order valence-electron chi connectivity index (χ2n) is 5.66. The van der Waals surface area contributed by atoms with E-state index >= 15 is 0 Å². The number of carbonyl (C=O) groups excluding carboxylic acids is 2. The zero-order valence-electron chi connectivity index (χ0n) is 14.9. The van der Waals surface area contributed by atoms with Gasteiger partial charge in [-0.2, -0.15) is 11.8 Å². The van der Waals surface area contributed by atoms with Crippen molar-refractivity contribution < 1.29 is 31.9 Å². The highest BCUT2D eigenvalue weighted by Crippen LogP contribution is 2.26. The number of para-hydroxylation sites is 1. The van der Waals surface area contributed by atoms with E-state index in [1.54, 1.807) is 6.07 Å². The van der Waals surface area contributed by atoms with E-state index in [9.17, 15) is 22.8 Å². The third-order valence-electron chi connectivity index (χ3n) is 3.63. The number of hydrogen-bond donors (Lipinski definition) is 2. The van der Waals surface area contributed by atoms with Crippen LogP contribution in [0.5, 0.6) is 5.75 Å². The van der Waals surface area contributed by atoms with E-state index in [0.29, 0.717) is 12.2 Å². The number of nitrogens with one attached hydrogen (secondary N) is 2. The largest absolute Gasteiger partial charge is 0.573 e. The van der Waals surface area contributed by atoms with Gasteiger partial charge in [-0.3, -0.25) is 9.59 Å². The lowest BCUT2D eigenvalue weighted by atomic mass is 10.1. The van der Waals surface area contributed by atoms with Crippen LogP contribution in [0, 0.1) is 0 Å². The van der Waals surface area contributed by atoms with Gasteiger partial charge in [-0.1, -0.05) is 18.2 Å². The van der Waals surface area contributed by atoms with Crippen molar-refractivity contribution >= 4 is 23.6 Å². The Labute approximate surface area is 163 Å². The van der Waals surface area contributed by atoms with E-state index in [4.69, 9.17) is 4.42 Å². The number of amides is 2. The first-order valence-electron chi connectivity index (χ1n) is 8.25. The molecule has 0 spiro atoms. The molecule has 2 aromatic rings. The molecule has 152 valence electrons. The summed E-state index contributed by atoms with van der Waals surface area (Å²) in [6, 6.07) is 7.66. The topological polar surface area (TPSA) is 80.6 Å². The van der Waals surface area contributed by atoms with Crippen LogP contribution in [0.15, 0.2) is 47.1 Å². The van der Waals surface area contributed by atoms with Crippen molar-refractivity contribution in [1.29, 1.82) is 0 Å². The van der Waals surface area contributed by atoms with Gasteiger partial charge in [-0.15, -0.1) is 13.2 Å². The molecule has 0 saturated heterocycles. The van der Waals surface area contributed by atoms with Crippen LogP contribution in [0.4, 0.5) is 13.2 Å². The smallest absolute Gasteiger partial charge is 0.459 e. The Hall–Kier alpha value is -2.62. The maximum atomic E-state index is 12.5. The van der Waals surface area contributed by atoms with Crippen molar-refractivity contribution in [3.8, 4) is 5.75 Å². The monoisotopic (exact) mass is 416 g/mol. The molecule has 0 fully saturated rings. The number of benzene rings is 1. The highest BCUT2D eigenvalue weighted by molar-refractivity contribution is 7.98. The number of hydrogen-bond acceptors (Lipinski definition) is 5. The predicted molar refractivity (Wildman–Crippen MR) is 97.9 cm³/mol. The number of halogens is 3. The van der Waals surface area contributed by atoms with E-state index in [2.05, 4.69) is 15.4 Å². The van der Waals surface area contributed by atoms with E-state index in [-0.39, 0.29) is 17.9 Å². The zero-order chi connectivity index (χ0) is 20.6. The molecule has 10 heteroatoms. The Morgan fingerprint density at radius 1 is 1.21 bits per heavy atom. The molecular weight excluding hydrogens is 397 g/mol. The van der Waals surface area contributed by atoms with Crippen LogP contribution in [0.2, 0.25) is 0 Å². The van der Waals surface area contributed by atoms with Crippen molar-refractivity contribution in [2.75, 3.05) is 12.0 Å². The molecule has 2 rings (SSSR count). The molecule has 0 bridgehead atoms. The van der Waals surface area contributed by atoms with Crippen molar-refractivity contribution in [2.45, 2.75) is 25.4 Å². The fourth-order valence-corrected chi connectivity index (χ4v) is 2.79. The Balaban J connectivity index is 2.02. The minimum atomic E-state index is -4.84. The van der Waals surface area contributed by atoms with Gasteiger partial charge in [0, 0.05) is 12.1 Å². The van der Waals surface area contributed by atoms with Crippen LogP contribution in [-0.4, -0.2) is 36.2 Å². The van der Waals surface area contributed by atoms with Gasteiger partial charge in [0.15, 0.2) is 5.76 Å². The number of ether oxygens (including phenoxy) is 1. The summed E-state index contributed by atoms with van der Waals surface area (Å²) in [7, 11) is 0. The molecule has 1 heterocycles. The number of furan rings is 1. The van der Waals surface area contributed by atoms with Crippen LogP contribution in [-0.2, 0) is 11.3 Å². The van der Waals surface area contributed by atoms with Crippen molar-refractivity contribution in [3.05, 3.63) is 54.0 Å². The average Bonchev–Trinajstić information content (AvgIpc) is 3.17. The first-order chi connectivity index (χ1) is 13.3. The van der Waals surface area contributed by atoms with Crippen LogP contribution in [0.25, 0.3) is 0 Å². The highest BCUT2D eigenvalue weighted by atomic mass is 32.2. The zero-order valence-corrected chi connectivity index (χ0v) is 15.7. The van der Waals surface area contributed by atoms with Crippen LogP contribution in [0.1, 0.15) is 22.5 Å². The van der Waals surface area contributed by atoms with Crippen LogP contribution in [0.3, 0.4) is 0 Å². The van der Waals surface area contributed by atoms with Gasteiger partial charge in [0.25, 0.3) is 5.91 Å². The summed E-state index contributed by atoms with van der Waals surface area (Å²) in [5.74, 6) is -0.797. The maximum absolute atomic E-state index is 12.5. The number of rotatable bonds is 9. The summed E-state index contributed by atoms with van der Waals surface area (Å²) >= 11 is 1.50. The summed E-state index contributed by atoms with van der Waals surface area (Å²) < 4.78 is 46.5. The third-order valence-corrected chi connectivity index (χ3v) is 4.27. The summed E-state index contributed by atoms with van der Waals surface area (Å²) in [6.45, 7) is -0.183. The summed E-state index contributed by atoms with van der Waals surface area (Å²) in [5, 5.41) is 5.12. The first-order valence-corrected chi connectivity index (χ1v) is 9.64.